The molecular formula is C15H12BrClO2. The highest BCUT2D eigenvalue weighted by atomic mass is 79.9. The van der Waals surface area contributed by atoms with Crippen LogP contribution < -0.4 is 4.74 Å². The minimum Gasteiger partial charge on any atom is -0.496 e. The molecule has 0 radical (unpaired) electrons. The lowest BCUT2D eigenvalue weighted by molar-refractivity contribution is 0.0992. The third kappa shape index (κ3) is 3.58. The van der Waals surface area contributed by atoms with E-state index in [0.717, 1.165) is 10.0 Å². The number of carbonyl (C=O) groups is 1. The summed E-state index contributed by atoms with van der Waals surface area (Å²) in [6.45, 7) is 0. The maximum absolute atomic E-state index is 12.2. The van der Waals surface area contributed by atoms with Gasteiger partial charge in [0.1, 0.15) is 5.75 Å². The first-order valence-electron chi connectivity index (χ1n) is 5.71. The smallest absolute Gasteiger partial charge is 0.167 e. The van der Waals surface area contributed by atoms with Gasteiger partial charge in [-0.05, 0) is 42.5 Å². The van der Waals surface area contributed by atoms with Gasteiger partial charge in [-0.2, -0.15) is 0 Å². The van der Waals surface area contributed by atoms with Crippen molar-refractivity contribution in [3.8, 4) is 5.75 Å². The Bertz CT molecular complexity index is 594. The van der Waals surface area contributed by atoms with Gasteiger partial charge in [0.15, 0.2) is 5.78 Å². The van der Waals surface area contributed by atoms with Crippen molar-refractivity contribution in [3.05, 3.63) is 63.1 Å². The average molecular weight is 340 g/mol. The molecule has 2 aromatic rings. The lowest BCUT2D eigenvalue weighted by atomic mass is 10.0. The summed E-state index contributed by atoms with van der Waals surface area (Å²) in [6, 6.07) is 12.5. The Hall–Kier alpha value is -1.32. The third-order valence-corrected chi connectivity index (χ3v) is 3.50. The highest BCUT2D eigenvalue weighted by Crippen LogP contribution is 2.24. The Balaban J connectivity index is 2.23. The maximum Gasteiger partial charge on any atom is 0.167 e. The normalized spacial score (nSPS) is 10.3. The van der Waals surface area contributed by atoms with Gasteiger partial charge in [0.2, 0.25) is 0 Å². The van der Waals surface area contributed by atoms with Crippen LogP contribution in [0, 0.1) is 0 Å². The predicted molar refractivity (Wildman–Crippen MR) is 80.2 cm³/mol. The van der Waals surface area contributed by atoms with E-state index in [2.05, 4.69) is 15.9 Å². The number of ether oxygens (including phenoxy) is 1. The van der Waals surface area contributed by atoms with Crippen molar-refractivity contribution in [3.63, 3.8) is 0 Å². The summed E-state index contributed by atoms with van der Waals surface area (Å²) >= 11 is 9.20. The first kappa shape index (κ1) is 14.1. The molecule has 0 bridgehead atoms. The second kappa shape index (κ2) is 6.22. The number of ketones is 1. The fourth-order valence-corrected chi connectivity index (χ4v) is 2.33. The van der Waals surface area contributed by atoms with Crippen LogP contribution in [0.3, 0.4) is 0 Å². The van der Waals surface area contributed by atoms with Crippen LogP contribution in [0.4, 0.5) is 0 Å². The number of benzene rings is 2. The summed E-state index contributed by atoms with van der Waals surface area (Å²) in [5, 5.41) is 0.622. The lowest BCUT2D eigenvalue weighted by Gasteiger charge is -2.08. The minimum atomic E-state index is 0.0352. The van der Waals surface area contributed by atoms with Gasteiger partial charge in [0, 0.05) is 27.0 Å². The number of rotatable bonds is 4. The summed E-state index contributed by atoms with van der Waals surface area (Å²) < 4.78 is 6.19. The molecule has 0 aliphatic rings. The molecule has 0 aliphatic carbocycles. The van der Waals surface area contributed by atoms with E-state index in [-0.39, 0.29) is 5.78 Å². The van der Waals surface area contributed by atoms with E-state index in [1.54, 1.807) is 31.4 Å². The fraction of sp³-hybridized carbons (Fsp3) is 0.133. The molecule has 4 heteroatoms. The monoisotopic (exact) mass is 338 g/mol. The molecule has 0 amide bonds. The highest BCUT2D eigenvalue weighted by molar-refractivity contribution is 9.10. The van der Waals surface area contributed by atoms with E-state index in [0.29, 0.717) is 22.8 Å². The van der Waals surface area contributed by atoms with Crippen LogP contribution in [0.5, 0.6) is 5.75 Å². The highest BCUT2D eigenvalue weighted by Gasteiger charge is 2.11. The Morgan fingerprint density at radius 2 is 1.89 bits per heavy atom. The van der Waals surface area contributed by atoms with Crippen molar-refractivity contribution in [2.24, 2.45) is 0 Å². The number of hydrogen-bond acceptors (Lipinski definition) is 2. The molecule has 0 fully saturated rings. The van der Waals surface area contributed by atoms with Crippen molar-refractivity contribution < 1.29 is 9.53 Å². The molecule has 0 saturated carbocycles. The Morgan fingerprint density at radius 3 is 2.53 bits per heavy atom. The molecule has 0 aromatic heterocycles. The van der Waals surface area contributed by atoms with Gasteiger partial charge < -0.3 is 4.74 Å². The van der Waals surface area contributed by atoms with Gasteiger partial charge in [0.25, 0.3) is 0 Å². The second-order valence-corrected chi connectivity index (χ2v) is 5.42. The average Bonchev–Trinajstić information content (AvgIpc) is 2.39. The van der Waals surface area contributed by atoms with Crippen LogP contribution in [-0.2, 0) is 6.42 Å². The maximum atomic E-state index is 12.2. The number of carbonyl (C=O) groups excluding carboxylic acids is 1. The number of Topliss-reactive ketones (excluding diaryl/α,β-unsaturated/α-hetero) is 1. The molecule has 0 unspecified atom stereocenters. The first-order valence-corrected chi connectivity index (χ1v) is 6.88. The van der Waals surface area contributed by atoms with Crippen LogP contribution >= 0.6 is 27.5 Å². The SMILES string of the molecule is COc1ccc(Br)cc1CC(=O)c1ccc(Cl)cc1. The van der Waals surface area contributed by atoms with Crippen LogP contribution in [0.25, 0.3) is 0 Å². The van der Waals surface area contributed by atoms with Crippen LogP contribution in [0.1, 0.15) is 15.9 Å². The molecule has 0 N–H and O–H groups in total. The Labute approximate surface area is 125 Å². The second-order valence-electron chi connectivity index (χ2n) is 4.06. The molecule has 0 aliphatic heterocycles. The zero-order chi connectivity index (χ0) is 13.8. The molecule has 0 saturated heterocycles. The third-order valence-electron chi connectivity index (χ3n) is 2.76. The summed E-state index contributed by atoms with van der Waals surface area (Å²) in [7, 11) is 1.60. The van der Waals surface area contributed by atoms with Gasteiger partial charge in [-0.25, -0.2) is 0 Å². The molecular weight excluding hydrogens is 328 g/mol. The summed E-state index contributed by atoms with van der Waals surface area (Å²) in [5.41, 5.74) is 1.50. The number of halogens is 2. The first-order chi connectivity index (χ1) is 9.10. The van der Waals surface area contributed by atoms with Crippen LogP contribution in [0.2, 0.25) is 5.02 Å². The largest absolute Gasteiger partial charge is 0.496 e. The lowest BCUT2D eigenvalue weighted by Crippen LogP contribution is -2.04. The molecule has 2 aromatic carbocycles. The van der Waals surface area contributed by atoms with Gasteiger partial charge in [0.05, 0.1) is 7.11 Å². The standard InChI is InChI=1S/C15H12BrClO2/c1-19-15-7-4-12(16)8-11(15)9-14(18)10-2-5-13(17)6-3-10/h2-8H,9H2,1H3. The molecule has 98 valence electrons. The van der Waals surface area contributed by atoms with Crippen molar-refractivity contribution in [2.45, 2.75) is 6.42 Å². The quantitative estimate of drug-likeness (QED) is 0.765. The number of hydrogen-bond donors (Lipinski definition) is 0. The molecule has 0 heterocycles. The summed E-state index contributed by atoms with van der Waals surface area (Å²) in [4.78, 5) is 12.2. The van der Waals surface area contributed by atoms with Crippen LogP contribution in [0.15, 0.2) is 46.9 Å². The van der Waals surface area contributed by atoms with E-state index in [4.69, 9.17) is 16.3 Å². The Morgan fingerprint density at radius 1 is 1.21 bits per heavy atom. The zero-order valence-corrected chi connectivity index (χ0v) is 12.7. The van der Waals surface area contributed by atoms with E-state index in [1.165, 1.54) is 0 Å². The van der Waals surface area contributed by atoms with E-state index in [1.807, 2.05) is 18.2 Å². The molecule has 2 nitrogen and oxygen atoms in total. The van der Waals surface area contributed by atoms with Gasteiger partial charge >= 0.3 is 0 Å². The summed E-state index contributed by atoms with van der Waals surface area (Å²) in [6.07, 6.45) is 0.296. The zero-order valence-electron chi connectivity index (χ0n) is 10.3. The van der Waals surface area contributed by atoms with Crippen LogP contribution in [-0.4, -0.2) is 12.9 Å². The van der Waals surface area contributed by atoms with Crippen molar-refractivity contribution >= 4 is 33.3 Å². The minimum absolute atomic E-state index is 0.0352. The molecule has 0 spiro atoms. The molecule has 0 atom stereocenters. The topological polar surface area (TPSA) is 26.3 Å². The van der Waals surface area contributed by atoms with E-state index in [9.17, 15) is 4.79 Å². The van der Waals surface area contributed by atoms with Gasteiger partial charge in [-0.1, -0.05) is 27.5 Å². The van der Waals surface area contributed by atoms with Crippen molar-refractivity contribution in [1.29, 1.82) is 0 Å². The molecule has 19 heavy (non-hydrogen) atoms. The molecule has 2 rings (SSSR count). The van der Waals surface area contributed by atoms with Crippen molar-refractivity contribution in [2.75, 3.05) is 7.11 Å². The number of methoxy groups -OCH3 is 1. The summed E-state index contributed by atoms with van der Waals surface area (Å²) in [5.74, 6) is 0.749. The van der Waals surface area contributed by atoms with E-state index < -0.39 is 0 Å². The van der Waals surface area contributed by atoms with Gasteiger partial charge in [-0.15, -0.1) is 0 Å². The Kier molecular flexibility index (Phi) is 4.61. The predicted octanol–water partition coefficient (Wildman–Crippen LogP) is 4.54. The van der Waals surface area contributed by atoms with Crippen molar-refractivity contribution in [1.82, 2.24) is 0 Å². The fourth-order valence-electron chi connectivity index (χ4n) is 1.80. The van der Waals surface area contributed by atoms with E-state index >= 15 is 0 Å². The van der Waals surface area contributed by atoms with Gasteiger partial charge in [-0.3, -0.25) is 4.79 Å².